The first-order valence-corrected chi connectivity index (χ1v) is 29.3. The monoisotopic (exact) mass is 1060 g/mol. The van der Waals surface area contributed by atoms with E-state index >= 15 is 0 Å². The highest BCUT2D eigenvalue weighted by molar-refractivity contribution is 6.26. The first-order valence-electron chi connectivity index (χ1n) is 29.3. The number of amides is 6. The van der Waals surface area contributed by atoms with Gasteiger partial charge in [-0.2, -0.15) is 0 Å². The van der Waals surface area contributed by atoms with Crippen molar-refractivity contribution in [3.63, 3.8) is 0 Å². The molecule has 0 radical (unpaired) electrons. The smallest absolute Gasteiger partial charge is 0.264 e. The Balaban J connectivity index is 0.630. The second-order valence-electron chi connectivity index (χ2n) is 25.9. The van der Waals surface area contributed by atoms with Crippen molar-refractivity contribution in [1.82, 2.24) is 15.5 Å². The highest BCUT2D eigenvalue weighted by Gasteiger charge is 2.69. The number of imide groups is 2. The minimum absolute atomic E-state index is 0.0299. The van der Waals surface area contributed by atoms with E-state index < -0.39 is 29.7 Å². The van der Waals surface area contributed by atoms with Crippen LogP contribution in [0.1, 0.15) is 198 Å². The molecular formula is C61H92N4O11. The predicted octanol–water partition coefficient (Wildman–Crippen LogP) is 9.49. The van der Waals surface area contributed by atoms with Crippen molar-refractivity contribution in [3.8, 4) is 0 Å². The zero-order chi connectivity index (χ0) is 54.5. The number of hydrogen-bond acceptors (Lipinski definition) is 11. The lowest BCUT2D eigenvalue weighted by molar-refractivity contribution is -0.203. The molecule has 2 heterocycles. The number of benzene rings is 1. The molecule has 9 atom stereocenters. The molecule has 0 bridgehead atoms. The molecule has 6 amide bonds. The van der Waals surface area contributed by atoms with Gasteiger partial charge in [-0.15, -0.1) is 0 Å². The number of nitrogens with one attached hydrogen (secondary N) is 3. The number of fused-ring (bicyclic) bond motifs is 8. The van der Waals surface area contributed by atoms with Gasteiger partial charge in [-0.1, -0.05) is 85.4 Å². The Morgan fingerprint density at radius 2 is 1.36 bits per heavy atom. The normalized spacial score (nSPS) is 32.3. The molecule has 1 aromatic carbocycles. The lowest BCUT2D eigenvalue weighted by Crippen LogP contribution is -2.65. The number of nitrogens with zero attached hydrogens (tertiary/aromatic N) is 1. The maximum Gasteiger partial charge on any atom is 0.264 e. The van der Waals surface area contributed by atoms with E-state index in [-0.39, 0.29) is 80.6 Å². The maximum atomic E-state index is 14.5. The Hall–Kier alpha value is -4.02. The van der Waals surface area contributed by atoms with Crippen LogP contribution in [0.15, 0.2) is 29.8 Å². The van der Waals surface area contributed by atoms with E-state index in [0.29, 0.717) is 82.9 Å². The highest BCUT2D eigenvalue weighted by atomic mass is 16.6. The van der Waals surface area contributed by atoms with Crippen molar-refractivity contribution in [2.45, 2.75) is 189 Å². The Bertz CT molecular complexity index is 2330. The van der Waals surface area contributed by atoms with E-state index in [9.17, 15) is 33.9 Å². The fourth-order valence-electron chi connectivity index (χ4n) is 16.0. The number of hydrogen-bond donors (Lipinski definition) is 4. The zero-order valence-corrected chi connectivity index (χ0v) is 47.2. The molecule has 1 unspecified atom stereocenters. The molecule has 1 saturated heterocycles. The number of carbonyl (C=O) groups excluding carboxylic acids is 6. The molecule has 2 aliphatic heterocycles. The van der Waals surface area contributed by atoms with Crippen LogP contribution >= 0.6 is 0 Å². The van der Waals surface area contributed by atoms with Gasteiger partial charge in [-0.3, -0.25) is 39.0 Å². The second kappa shape index (κ2) is 24.1. The number of carbonyl (C=O) groups is 6. The zero-order valence-electron chi connectivity index (χ0n) is 47.2. The van der Waals surface area contributed by atoms with Crippen molar-refractivity contribution < 1.29 is 52.8 Å². The fourth-order valence-corrected chi connectivity index (χ4v) is 16.0. The van der Waals surface area contributed by atoms with Gasteiger partial charge in [0.25, 0.3) is 11.8 Å². The number of piperidine rings is 1. The summed E-state index contributed by atoms with van der Waals surface area (Å²) >= 11 is 0. The summed E-state index contributed by atoms with van der Waals surface area (Å²) in [7, 11) is 0. The molecule has 76 heavy (non-hydrogen) atoms. The van der Waals surface area contributed by atoms with Crippen LogP contribution in [0.5, 0.6) is 0 Å². The van der Waals surface area contributed by atoms with Gasteiger partial charge in [0.1, 0.15) is 6.04 Å². The third kappa shape index (κ3) is 11.7. The highest BCUT2D eigenvalue weighted by Crippen LogP contribution is 2.75. The van der Waals surface area contributed by atoms with Crippen molar-refractivity contribution in [1.29, 1.82) is 0 Å². The van der Waals surface area contributed by atoms with E-state index in [1.54, 1.807) is 17.7 Å². The van der Waals surface area contributed by atoms with Crippen LogP contribution < -0.4 is 16.0 Å². The fraction of sp³-hybridized carbons (Fsp3) is 0.770. The van der Waals surface area contributed by atoms with Gasteiger partial charge < -0.3 is 34.7 Å². The quantitative estimate of drug-likeness (QED) is 0.0413. The van der Waals surface area contributed by atoms with Crippen LogP contribution in [-0.4, -0.2) is 117 Å². The standard InChI is InChI=1S/C61H92N4O11/c1-56(2)27-29-61(30-28-59(6)42(43(61)40-56)19-21-47-58(5)25-24-48(66)57(3,4)46(58)23-26-60(47,59)7)55(72)62-31-12-8-9-13-32-73-34-36-75-38-39-76-37-35-74-33-14-10-11-18-49(67)63-44-17-15-16-41-51(44)54(71)65(53(41)70)45-20-22-50(68)64-52(45)69/h15-17,19,43,45-48,66H,8-14,18,20-40H2,1-7H3,(H,62,72)(H,63,67)(H,64,68,69)/t43-,45?,46-,47+,48-,58-,59+,60+,61-/m0/s1. The van der Waals surface area contributed by atoms with E-state index in [4.69, 9.17) is 18.9 Å². The molecule has 15 nitrogen and oxygen atoms in total. The van der Waals surface area contributed by atoms with Crippen molar-refractivity contribution in [3.05, 3.63) is 41.0 Å². The van der Waals surface area contributed by atoms with Crippen LogP contribution in [0, 0.1) is 50.2 Å². The first kappa shape index (κ1) is 58.1. The summed E-state index contributed by atoms with van der Waals surface area (Å²) in [5.74, 6) is -0.957. The van der Waals surface area contributed by atoms with Gasteiger partial charge in [-0.25, -0.2) is 0 Å². The molecule has 7 aliphatic rings. The van der Waals surface area contributed by atoms with Crippen LogP contribution in [0.25, 0.3) is 0 Å². The molecule has 5 fully saturated rings. The molecule has 8 rings (SSSR count). The molecule has 15 heteroatoms. The molecular weight excluding hydrogens is 965 g/mol. The summed E-state index contributed by atoms with van der Waals surface area (Å²) in [4.78, 5) is 78.5. The molecule has 0 spiro atoms. The van der Waals surface area contributed by atoms with E-state index in [0.717, 1.165) is 101 Å². The topological polar surface area (TPSA) is 199 Å². The van der Waals surface area contributed by atoms with Gasteiger partial charge in [0.05, 0.1) is 68.0 Å². The van der Waals surface area contributed by atoms with Gasteiger partial charge in [0.2, 0.25) is 23.6 Å². The molecule has 5 aliphatic carbocycles. The molecule has 4 saturated carbocycles. The summed E-state index contributed by atoms with van der Waals surface area (Å²) in [6.07, 6.45) is 19.8. The molecule has 1 aromatic rings. The van der Waals surface area contributed by atoms with E-state index in [1.807, 2.05) is 0 Å². The number of anilines is 1. The molecule has 0 aromatic heterocycles. The van der Waals surface area contributed by atoms with Gasteiger partial charge in [0.15, 0.2) is 0 Å². The van der Waals surface area contributed by atoms with E-state index in [2.05, 4.69) is 70.5 Å². The number of aliphatic hydroxyl groups is 1. The lowest BCUT2D eigenvalue weighted by Gasteiger charge is -2.71. The predicted molar refractivity (Wildman–Crippen MR) is 290 cm³/mol. The van der Waals surface area contributed by atoms with Gasteiger partial charge in [-0.05, 0) is 153 Å². The number of rotatable bonds is 25. The summed E-state index contributed by atoms with van der Waals surface area (Å²) in [5, 5.41) is 19.6. The van der Waals surface area contributed by atoms with Crippen molar-refractivity contribution >= 4 is 41.1 Å². The van der Waals surface area contributed by atoms with Gasteiger partial charge in [0, 0.05) is 32.6 Å². The first-order chi connectivity index (χ1) is 36.2. The van der Waals surface area contributed by atoms with Crippen LogP contribution in [0.2, 0.25) is 0 Å². The Labute approximate surface area is 452 Å². The van der Waals surface area contributed by atoms with Crippen LogP contribution in [-0.2, 0) is 38.1 Å². The number of aliphatic hydroxyl groups excluding tert-OH is 1. The minimum Gasteiger partial charge on any atom is -0.393 e. The summed E-state index contributed by atoms with van der Waals surface area (Å²) in [5.41, 5.74) is 2.36. The average Bonchev–Trinajstić information content (AvgIpc) is 3.63. The largest absolute Gasteiger partial charge is 0.393 e. The molecule has 4 N–H and O–H groups in total. The third-order valence-corrected chi connectivity index (χ3v) is 20.6. The Kier molecular flexibility index (Phi) is 18.5. The second-order valence-corrected chi connectivity index (χ2v) is 25.9. The van der Waals surface area contributed by atoms with Crippen molar-refractivity contribution in [2.24, 2.45) is 50.2 Å². The van der Waals surface area contributed by atoms with Crippen molar-refractivity contribution in [2.75, 3.05) is 64.7 Å². The van der Waals surface area contributed by atoms with Gasteiger partial charge >= 0.3 is 0 Å². The number of ether oxygens (including phenoxy) is 4. The SMILES string of the molecule is CC1(C)CC[C@]2(C(=O)NCCCCCCOCCOCCOCCOCCCCCC(=O)Nc3cccc4c3C(=O)N(C3CCC(=O)NC3=O)C4=O)CC[C@]3(C)C(=CC[C@@H]4[C@@]5(C)CC[C@H](O)C(C)(C)[C@@H]5CC[C@]43C)[C@@H]2C1. The summed E-state index contributed by atoms with van der Waals surface area (Å²) in [6.45, 7) is 22.2. The Morgan fingerprint density at radius 3 is 2.04 bits per heavy atom. The maximum absolute atomic E-state index is 14.5. The number of unbranched alkanes of at least 4 members (excludes halogenated alkanes) is 5. The Morgan fingerprint density at radius 1 is 0.711 bits per heavy atom. The summed E-state index contributed by atoms with van der Waals surface area (Å²) < 4.78 is 22.8. The van der Waals surface area contributed by atoms with Crippen LogP contribution in [0.3, 0.4) is 0 Å². The number of allylic oxidation sites excluding steroid dienone is 2. The van der Waals surface area contributed by atoms with E-state index in [1.165, 1.54) is 18.9 Å². The lowest BCUT2D eigenvalue weighted by atomic mass is 9.33. The minimum atomic E-state index is -1.07. The third-order valence-electron chi connectivity index (χ3n) is 20.6. The average molecular weight is 1060 g/mol. The summed E-state index contributed by atoms with van der Waals surface area (Å²) in [6, 6.07) is 3.56. The molecule has 422 valence electrons. The van der Waals surface area contributed by atoms with Crippen LogP contribution in [0.4, 0.5) is 5.69 Å².